The van der Waals surface area contributed by atoms with E-state index in [2.05, 4.69) is 16.4 Å². The van der Waals surface area contributed by atoms with Gasteiger partial charge < -0.3 is 19.7 Å². The second-order valence-electron chi connectivity index (χ2n) is 8.00. The Balaban J connectivity index is 1.31. The van der Waals surface area contributed by atoms with Gasteiger partial charge in [0, 0.05) is 31.8 Å². The molecule has 2 aromatic rings. The van der Waals surface area contributed by atoms with Crippen LogP contribution in [0.2, 0.25) is 0 Å². The van der Waals surface area contributed by atoms with E-state index in [9.17, 15) is 9.59 Å². The first-order valence-corrected chi connectivity index (χ1v) is 10.7. The number of hydrogen-bond acceptors (Lipinski definition) is 5. The van der Waals surface area contributed by atoms with Crippen molar-refractivity contribution in [1.82, 2.24) is 9.88 Å². The van der Waals surface area contributed by atoms with Gasteiger partial charge in [0.1, 0.15) is 12.4 Å². The molecule has 0 bridgehead atoms. The highest BCUT2D eigenvalue weighted by atomic mass is 16.5. The Hall–Kier alpha value is -3.61. The van der Waals surface area contributed by atoms with Gasteiger partial charge in [0.2, 0.25) is 11.8 Å². The predicted octanol–water partition coefficient (Wildman–Crippen LogP) is 3.53. The maximum atomic E-state index is 12.6. The molecule has 7 nitrogen and oxygen atoms in total. The Kier molecular flexibility index (Phi) is 6.54. The maximum absolute atomic E-state index is 12.6. The number of anilines is 1. The van der Waals surface area contributed by atoms with E-state index >= 15 is 0 Å². The largest absolute Gasteiger partial charge is 0.493 e. The van der Waals surface area contributed by atoms with Gasteiger partial charge in [0.05, 0.1) is 7.11 Å². The molecule has 2 aliphatic rings. The Labute approximate surface area is 187 Å². The number of pyridine rings is 1. The fourth-order valence-corrected chi connectivity index (χ4v) is 3.75. The number of aryl methyl sites for hydroxylation is 2. The molecule has 2 amide bonds. The number of ether oxygens (including phenoxy) is 2. The molecule has 0 saturated heterocycles. The molecule has 0 spiro atoms. The van der Waals surface area contributed by atoms with Crippen LogP contribution in [-0.4, -0.2) is 48.5 Å². The number of fused-ring (bicyclic) bond motifs is 1. The van der Waals surface area contributed by atoms with Crippen LogP contribution in [0.1, 0.15) is 29.5 Å². The molecule has 0 saturated carbocycles. The summed E-state index contributed by atoms with van der Waals surface area (Å²) in [6.45, 7) is 3.70. The molecule has 0 fully saturated rings. The molecule has 2 aliphatic heterocycles. The van der Waals surface area contributed by atoms with Crippen molar-refractivity contribution in [1.29, 1.82) is 0 Å². The molecule has 7 heteroatoms. The first-order chi connectivity index (χ1) is 15.5. The van der Waals surface area contributed by atoms with Crippen LogP contribution < -0.4 is 14.8 Å². The number of rotatable bonds is 6. The summed E-state index contributed by atoms with van der Waals surface area (Å²) in [7, 11) is 1.64. The molecule has 1 N–H and O–H groups in total. The predicted molar refractivity (Wildman–Crippen MR) is 123 cm³/mol. The van der Waals surface area contributed by atoms with Gasteiger partial charge in [-0.25, -0.2) is 4.98 Å². The highest BCUT2D eigenvalue weighted by Crippen LogP contribution is 2.28. The summed E-state index contributed by atoms with van der Waals surface area (Å²) in [5.74, 6) is 2.02. The number of nitrogens with zero attached hydrogens (tertiary/aromatic N) is 2. The van der Waals surface area contributed by atoms with Crippen LogP contribution in [0.5, 0.6) is 11.5 Å². The van der Waals surface area contributed by atoms with Crippen molar-refractivity contribution in [2.75, 3.05) is 32.1 Å². The van der Waals surface area contributed by atoms with Crippen LogP contribution in [0.4, 0.5) is 5.82 Å². The van der Waals surface area contributed by atoms with E-state index < -0.39 is 0 Å². The van der Waals surface area contributed by atoms with Crippen molar-refractivity contribution in [3.05, 3.63) is 64.9 Å². The third-order valence-electron chi connectivity index (χ3n) is 5.63. The van der Waals surface area contributed by atoms with E-state index in [0.29, 0.717) is 38.4 Å². The molecule has 1 aromatic heterocycles. The normalized spacial score (nSPS) is 15.8. The van der Waals surface area contributed by atoms with Crippen molar-refractivity contribution in [3.63, 3.8) is 0 Å². The highest BCUT2D eigenvalue weighted by molar-refractivity contribution is 5.94. The van der Waals surface area contributed by atoms with Gasteiger partial charge in [0.25, 0.3) is 0 Å². The smallest absolute Gasteiger partial charge is 0.246 e. The average molecular weight is 434 g/mol. The quantitative estimate of drug-likeness (QED) is 0.557. The fourth-order valence-electron chi connectivity index (χ4n) is 3.75. The molecule has 166 valence electrons. The van der Waals surface area contributed by atoms with Gasteiger partial charge in [-0.3, -0.25) is 9.59 Å². The van der Waals surface area contributed by atoms with Crippen LogP contribution in [0.25, 0.3) is 6.08 Å². The molecule has 32 heavy (non-hydrogen) atoms. The van der Waals surface area contributed by atoms with E-state index in [1.807, 2.05) is 31.2 Å². The number of amides is 2. The summed E-state index contributed by atoms with van der Waals surface area (Å²) in [4.78, 5) is 30.1. The molecule has 3 heterocycles. The first kappa shape index (κ1) is 21.6. The topological polar surface area (TPSA) is 80.8 Å². The van der Waals surface area contributed by atoms with Crippen LogP contribution in [-0.2, 0) is 16.0 Å². The van der Waals surface area contributed by atoms with Gasteiger partial charge >= 0.3 is 0 Å². The molecular formula is C25H27N3O4. The monoisotopic (exact) mass is 433 g/mol. The minimum Gasteiger partial charge on any atom is -0.493 e. The number of methoxy groups -OCH3 is 1. The van der Waals surface area contributed by atoms with Crippen molar-refractivity contribution in [2.24, 2.45) is 0 Å². The molecule has 0 atom stereocenters. The van der Waals surface area contributed by atoms with Gasteiger partial charge in [-0.15, -0.1) is 0 Å². The van der Waals surface area contributed by atoms with Gasteiger partial charge in [0.15, 0.2) is 11.5 Å². The van der Waals surface area contributed by atoms with E-state index in [1.165, 1.54) is 5.57 Å². The lowest BCUT2D eigenvalue weighted by Gasteiger charge is -2.25. The third kappa shape index (κ3) is 5.17. The van der Waals surface area contributed by atoms with Crippen molar-refractivity contribution in [2.45, 2.75) is 26.2 Å². The SMILES string of the molecule is COc1cc(C)ccc1OCC1=CCN(C(=O)/C=C/c2cnc3c(c2)CCC(=O)N3)CC1. The lowest BCUT2D eigenvalue weighted by molar-refractivity contribution is -0.125. The standard InChI is InChI=1S/C25H27N3O4/c1-17-3-6-21(22(13-17)31-2)32-16-18-9-11-28(12-10-18)24(30)8-4-19-14-20-5-7-23(29)27-25(20)26-15-19/h3-4,6,8-9,13-15H,5,7,10-12,16H2,1-2H3,(H,26,27,29)/b8-4+. The lowest BCUT2D eigenvalue weighted by atomic mass is 10.0. The van der Waals surface area contributed by atoms with Crippen molar-refractivity contribution in [3.8, 4) is 11.5 Å². The summed E-state index contributed by atoms with van der Waals surface area (Å²) in [5, 5.41) is 2.76. The van der Waals surface area contributed by atoms with Gasteiger partial charge in [-0.1, -0.05) is 12.1 Å². The number of carbonyl (C=O) groups is 2. The summed E-state index contributed by atoms with van der Waals surface area (Å²) in [6, 6.07) is 7.83. The summed E-state index contributed by atoms with van der Waals surface area (Å²) in [5.41, 5.74) is 4.13. The molecule has 0 aliphatic carbocycles. The average Bonchev–Trinajstić information content (AvgIpc) is 2.82. The van der Waals surface area contributed by atoms with Crippen molar-refractivity contribution < 1.29 is 19.1 Å². The first-order valence-electron chi connectivity index (χ1n) is 10.7. The lowest BCUT2D eigenvalue weighted by Crippen LogP contribution is -2.34. The van der Waals surface area contributed by atoms with Gasteiger partial charge in [-0.05, 0) is 66.3 Å². The Bertz CT molecular complexity index is 1090. The van der Waals surface area contributed by atoms with Gasteiger partial charge in [-0.2, -0.15) is 0 Å². The molecule has 1 aromatic carbocycles. The van der Waals surface area contributed by atoms with E-state index in [0.717, 1.165) is 34.6 Å². The Morgan fingerprint density at radius 3 is 2.88 bits per heavy atom. The summed E-state index contributed by atoms with van der Waals surface area (Å²) < 4.78 is 11.3. The molecular weight excluding hydrogens is 406 g/mol. The van der Waals surface area contributed by atoms with E-state index in [-0.39, 0.29) is 11.8 Å². The number of nitrogens with one attached hydrogen (secondary N) is 1. The fraction of sp³-hybridized carbons (Fsp3) is 0.320. The second-order valence-corrected chi connectivity index (χ2v) is 8.00. The minimum atomic E-state index is -0.0348. The Morgan fingerprint density at radius 2 is 2.09 bits per heavy atom. The summed E-state index contributed by atoms with van der Waals surface area (Å²) in [6.07, 6.45) is 8.98. The number of carbonyl (C=O) groups excluding carboxylic acids is 2. The minimum absolute atomic E-state index is 0.00982. The summed E-state index contributed by atoms with van der Waals surface area (Å²) >= 11 is 0. The zero-order valence-corrected chi connectivity index (χ0v) is 18.4. The van der Waals surface area contributed by atoms with Crippen LogP contribution in [0.15, 0.2) is 48.2 Å². The molecule has 4 rings (SSSR count). The van der Waals surface area contributed by atoms with Crippen LogP contribution in [0, 0.1) is 6.92 Å². The molecule has 0 unspecified atom stereocenters. The van der Waals surface area contributed by atoms with Crippen LogP contribution >= 0.6 is 0 Å². The maximum Gasteiger partial charge on any atom is 0.246 e. The number of benzene rings is 1. The van der Waals surface area contributed by atoms with E-state index in [1.54, 1.807) is 30.4 Å². The van der Waals surface area contributed by atoms with E-state index in [4.69, 9.17) is 9.47 Å². The molecule has 0 radical (unpaired) electrons. The number of aromatic nitrogens is 1. The van der Waals surface area contributed by atoms with Crippen molar-refractivity contribution >= 4 is 23.7 Å². The zero-order valence-electron chi connectivity index (χ0n) is 18.4. The van der Waals surface area contributed by atoms with Crippen LogP contribution in [0.3, 0.4) is 0 Å². The number of hydrogen-bond donors (Lipinski definition) is 1. The highest BCUT2D eigenvalue weighted by Gasteiger charge is 2.17. The zero-order chi connectivity index (χ0) is 22.5. The Morgan fingerprint density at radius 1 is 1.22 bits per heavy atom. The third-order valence-corrected chi connectivity index (χ3v) is 5.63. The second kappa shape index (κ2) is 9.68.